The Balaban J connectivity index is 2.22. The number of hydrogen-bond donors (Lipinski definition) is 1. The van der Waals surface area contributed by atoms with Crippen LogP contribution in [0.1, 0.15) is 37.1 Å². The van der Waals surface area contributed by atoms with Gasteiger partial charge in [0.05, 0.1) is 12.2 Å². The molecule has 2 rings (SSSR count). The van der Waals surface area contributed by atoms with Crippen molar-refractivity contribution in [1.29, 1.82) is 0 Å². The minimum Gasteiger partial charge on any atom is -0.356 e. The van der Waals surface area contributed by atoms with Gasteiger partial charge in [0.1, 0.15) is 0 Å². The molecule has 0 aliphatic carbocycles. The van der Waals surface area contributed by atoms with Crippen LogP contribution in [0, 0.1) is 6.92 Å². The molecule has 102 valence electrons. The molecule has 1 N–H and O–H groups in total. The Morgan fingerprint density at radius 2 is 1.89 bits per heavy atom. The first-order valence-corrected chi connectivity index (χ1v) is 7.09. The zero-order chi connectivity index (χ0) is 13.7. The molecule has 0 amide bonds. The summed E-state index contributed by atoms with van der Waals surface area (Å²) in [6.07, 6.45) is 4.30. The third kappa shape index (κ3) is 3.37. The quantitative estimate of drug-likeness (QED) is 0.856. The lowest BCUT2D eigenvalue weighted by Crippen LogP contribution is -2.09. The Hall–Kier alpha value is -1.77. The largest absolute Gasteiger partial charge is 0.356 e. The zero-order valence-electron chi connectivity index (χ0n) is 12.1. The summed E-state index contributed by atoms with van der Waals surface area (Å²) in [5.41, 5.74) is 3.85. The number of nitrogens with one attached hydrogen (secondary N) is 1. The van der Waals surface area contributed by atoms with Crippen LogP contribution in [0.15, 0.2) is 30.5 Å². The topological polar surface area (TPSA) is 29.9 Å². The van der Waals surface area contributed by atoms with Gasteiger partial charge in [-0.15, -0.1) is 0 Å². The minimum absolute atomic E-state index is 0.886. The van der Waals surface area contributed by atoms with E-state index in [0.29, 0.717) is 0 Å². The normalized spacial score (nSPS) is 10.7. The maximum Gasteiger partial charge on any atom is 0.203 e. The van der Waals surface area contributed by atoms with E-state index in [-0.39, 0.29) is 0 Å². The van der Waals surface area contributed by atoms with Gasteiger partial charge in [-0.2, -0.15) is 0 Å². The van der Waals surface area contributed by atoms with Crippen LogP contribution >= 0.6 is 0 Å². The predicted molar refractivity (Wildman–Crippen MR) is 80.7 cm³/mol. The van der Waals surface area contributed by atoms with Crippen LogP contribution in [-0.4, -0.2) is 16.1 Å². The molecule has 1 aromatic heterocycles. The third-order valence-corrected chi connectivity index (χ3v) is 3.27. The molecule has 0 aliphatic heterocycles. The summed E-state index contributed by atoms with van der Waals surface area (Å²) in [7, 11) is 0. The van der Waals surface area contributed by atoms with E-state index < -0.39 is 0 Å². The van der Waals surface area contributed by atoms with Crippen molar-refractivity contribution in [2.45, 2.75) is 40.2 Å². The molecule has 1 aromatic carbocycles. The second-order valence-electron chi connectivity index (χ2n) is 4.88. The fourth-order valence-corrected chi connectivity index (χ4v) is 2.29. The summed E-state index contributed by atoms with van der Waals surface area (Å²) in [5.74, 6) is 0.977. The van der Waals surface area contributed by atoms with Crippen LogP contribution in [0.2, 0.25) is 0 Å². The van der Waals surface area contributed by atoms with Crippen molar-refractivity contribution in [3.05, 3.63) is 47.3 Å². The van der Waals surface area contributed by atoms with Crippen LogP contribution in [0.4, 0.5) is 5.95 Å². The van der Waals surface area contributed by atoms with Gasteiger partial charge in [-0.3, -0.25) is 0 Å². The van der Waals surface area contributed by atoms with Crippen molar-refractivity contribution in [3.8, 4) is 0 Å². The van der Waals surface area contributed by atoms with Crippen LogP contribution in [0.5, 0.6) is 0 Å². The maximum atomic E-state index is 4.55. The second-order valence-corrected chi connectivity index (χ2v) is 4.88. The molecule has 0 radical (unpaired) electrons. The lowest BCUT2D eigenvalue weighted by atomic mass is 10.1. The van der Waals surface area contributed by atoms with Gasteiger partial charge >= 0.3 is 0 Å². The van der Waals surface area contributed by atoms with E-state index in [9.17, 15) is 0 Å². The van der Waals surface area contributed by atoms with Gasteiger partial charge in [-0.25, -0.2) is 4.98 Å². The highest BCUT2D eigenvalue weighted by Crippen LogP contribution is 2.15. The van der Waals surface area contributed by atoms with E-state index in [1.165, 1.54) is 11.1 Å². The van der Waals surface area contributed by atoms with Gasteiger partial charge in [0.15, 0.2) is 0 Å². The van der Waals surface area contributed by atoms with Crippen molar-refractivity contribution >= 4 is 5.95 Å². The molecular weight excluding hydrogens is 234 g/mol. The predicted octanol–water partition coefficient (Wildman–Crippen LogP) is 3.62. The van der Waals surface area contributed by atoms with Crippen molar-refractivity contribution in [2.24, 2.45) is 0 Å². The first-order valence-electron chi connectivity index (χ1n) is 7.09. The molecule has 2 aromatic rings. The number of aryl methyl sites for hydroxylation is 2. The Morgan fingerprint density at radius 1 is 1.16 bits per heavy atom. The maximum absolute atomic E-state index is 4.55. The summed E-state index contributed by atoms with van der Waals surface area (Å²) in [4.78, 5) is 4.55. The van der Waals surface area contributed by atoms with Crippen LogP contribution in [-0.2, 0) is 13.0 Å². The minimum atomic E-state index is 0.886. The van der Waals surface area contributed by atoms with E-state index in [1.807, 2.05) is 6.92 Å². The molecule has 0 spiro atoms. The molecule has 3 nitrogen and oxygen atoms in total. The zero-order valence-corrected chi connectivity index (χ0v) is 12.1. The second kappa shape index (κ2) is 6.41. The highest BCUT2D eigenvalue weighted by molar-refractivity contribution is 5.33. The Morgan fingerprint density at radius 3 is 2.58 bits per heavy atom. The molecular formula is C16H23N3. The Bertz CT molecular complexity index is 529. The first-order chi connectivity index (χ1) is 9.24. The standard InChI is InChI=1S/C16H23N3/c1-4-10-17-16-18-13(3)11-19(16)12-15-9-7-6-8-14(15)5-2/h6-9,11H,4-5,10,12H2,1-3H3,(H,17,18). The number of imidazole rings is 1. The van der Waals surface area contributed by atoms with E-state index in [1.54, 1.807) is 0 Å². The Labute approximate surface area is 115 Å². The molecule has 0 fully saturated rings. The van der Waals surface area contributed by atoms with E-state index in [4.69, 9.17) is 0 Å². The highest BCUT2D eigenvalue weighted by atomic mass is 15.2. The molecule has 0 saturated heterocycles. The highest BCUT2D eigenvalue weighted by Gasteiger charge is 2.07. The van der Waals surface area contributed by atoms with Gasteiger partial charge in [0.25, 0.3) is 0 Å². The van der Waals surface area contributed by atoms with Crippen molar-refractivity contribution in [3.63, 3.8) is 0 Å². The van der Waals surface area contributed by atoms with Gasteiger partial charge in [0.2, 0.25) is 5.95 Å². The fourth-order valence-electron chi connectivity index (χ4n) is 2.29. The van der Waals surface area contributed by atoms with Crippen LogP contribution < -0.4 is 5.32 Å². The molecule has 3 heteroatoms. The lowest BCUT2D eigenvalue weighted by molar-refractivity contribution is 0.783. The monoisotopic (exact) mass is 257 g/mol. The third-order valence-electron chi connectivity index (χ3n) is 3.27. The summed E-state index contributed by atoms with van der Waals surface area (Å²) < 4.78 is 2.21. The number of rotatable bonds is 6. The number of benzene rings is 1. The van der Waals surface area contributed by atoms with Crippen LogP contribution in [0.25, 0.3) is 0 Å². The SMILES string of the molecule is CCCNc1nc(C)cn1Cc1ccccc1CC. The van der Waals surface area contributed by atoms with Crippen molar-refractivity contribution in [2.75, 3.05) is 11.9 Å². The van der Waals surface area contributed by atoms with E-state index >= 15 is 0 Å². The molecule has 0 bridgehead atoms. The van der Waals surface area contributed by atoms with Crippen molar-refractivity contribution < 1.29 is 0 Å². The lowest BCUT2D eigenvalue weighted by Gasteiger charge is -2.12. The van der Waals surface area contributed by atoms with Gasteiger partial charge < -0.3 is 9.88 Å². The fraction of sp³-hybridized carbons (Fsp3) is 0.438. The number of anilines is 1. The smallest absolute Gasteiger partial charge is 0.203 e. The average molecular weight is 257 g/mol. The molecule has 0 atom stereocenters. The summed E-state index contributed by atoms with van der Waals surface area (Å²) in [6, 6.07) is 8.63. The van der Waals surface area contributed by atoms with E-state index in [0.717, 1.165) is 37.6 Å². The van der Waals surface area contributed by atoms with Gasteiger partial charge in [-0.1, -0.05) is 38.1 Å². The summed E-state index contributed by atoms with van der Waals surface area (Å²) in [5, 5.41) is 3.39. The van der Waals surface area contributed by atoms with E-state index in [2.05, 4.69) is 59.2 Å². The number of nitrogens with zero attached hydrogens (tertiary/aromatic N) is 2. The number of aromatic nitrogens is 2. The summed E-state index contributed by atoms with van der Waals surface area (Å²) >= 11 is 0. The molecule has 0 aliphatic rings. The number of hydrogen-bond acceptors (Lipinski definition) is 2. The summed E-state index contributed by atoms with van der Waals surface area (Å²) in [6.45, 7) is 8.26. The van der Waals surface area contributed by atoms with Crippen LogP contribution in [0.3, 0.4) is 0 Å². The van der Waals surface area contributed by atoms with Gasteiger partial charge in [-0.05, 0) is 30.9 Å². The molecule has 19 heavy (non-hydrogen) atoms. The molecule has 0 saturated carbocycles. The first kappa shape index (κ1) is 13.7. The van der Waals surface area contributed by atoms with Crippen molar-refractivity contribution in [1.82, 2.24) is 9.55 Å². The molecule has 1 heterocycles. The Kier molecular flexibility index (Phi) is 4.61. The van der Waals surface area contributed by atoms with Gasteiger partial charge in [0, 0.05) is 12.7 Å². The average Bonchev–Trinajstić information content (AvgIpc) is 2.77. The molecule has 0 unspecified atom stereocenters.